The van der Waals surface area contributed by atoms with Crippen LogP contribution in [0.4, 0.5) is 5.82 Å². The summed E-state index contributed by atoms with van der Waals surface area (Å²) < 4.78 is 2.82. The van der Waals surface area contributed by atoms with Crippen molar-refractivity contribution in [3.05, 3.63) is 81.4 Å². The molecule has 0 aliphatic heterocycles. The molecule has 1 aliphatic carbocycles. The largest absolute Gasteiger partial charge is 0.311 e. The molecule has 4 rings (SSSR count). The van der Waals surface area contributed by atoms with Crippen molar-refractivity contribution in [3.8, 4) is 0 Å². The highest BCUT2D eigenvalue weighted by Crippen LogP contribution is 2.50. The van der Waals surface area contributed by atoms with Crippen LogP contribution in [0.3, 0.4) is 0 Å². The maximum Gasteiger partial charge on any atom is 0.229 e. The van der Waals surface area contributed by atoms with E-state index in [9.17, 15) is 4.79 Å². The monoisotopic (exact) mass is 429 g/mol. The smallest absolute Gasteiger partial charge is 0.229 e. The summed E-state index contributed by atoms with van der Waals surface area (Å²) in [4.78, 5) is 12.6. The Bertz CT molecular complexity index is 955. The first-order chi connectivity index (χ1) is 12.6. The summed E-state index contributed by atoms with van der Waals surface area (Å²) in [7, 11) is 0. The molecule has 1 heterocycles. The number of nitrogens with zero attached hydrogens (tertiary/aromatic N) is 2. The molecule has 1 fully saturated rings. The zero-order chi connectivity index (χ0) is 18.1. The highest BCUT2D eigenvalue weighted by molar-refractivity contribution is 9.10. The maximum atomic E-state index is 12.6. The molecule has 1 N–H and O–H groups in total. The van der Waals surface area contributed by atoms with E-state index in [1.165, 1.54) is 0 Å². The van der Waals surface area contributed by atoms with Crippen LogP contribution in [0.2, 0.25) is 5.02 Å². The molecular formula is C20H17BrClN3O. The van der Waals surface area contributed by atoms with Crippen LogP contribution in [0, 0.1) is 5.92 Å². The van der Waals surface area contributed by atoms with Crippen molar-refractivity contribution in [1.29, 1.82) is 0 Å². The molecule has 132 valence electrons. The van der Waals surface area contributed by atoms with Crippen LogP contribution in [0.25, 0.3) is 0 Å². The van der Waals surface area contributed by atoms with Crippen LogP contribution in [0.1, 0.15) is 23.5 Å². The zero-order valence-corrected chi connectivity index (χ0v) is 16.2. The summed E-state index contributed by atoms with van der Waals surface area (Å²) in [5.74, 6) is 0.879. The fourth-order valence-electron chi connectivity index (χ4n) is 3.18. The van der Waals surface area contributed by atoms with Gasteiger partial charge in [-0.05, 0) is 35.6 Å². The van der Waals surface area contributed by atoms with Crippen molar-refractivity contribution in [2.45, 2.75) is 18.9 Å². The third kappa shape index (κ3) is 3.55. The van der Waals surface area contributed by atoms with Gasteiger partial charge in [-0.1, -0.05) is 63.9 Å². The number of nitrogens with one attached hydrogen (secondary N) is 1. The van der Waals surface area contributed by atoms with Gasteiger partial charge in [0.05, 0.1) is 12.7 Å². The van der Waals surface area contributed by atoms with E-state index in [1.807, 2.05) is 54.6 Å². The Morgan fingerprint density at radius 2 is 1.96 bits per heavy atom. The van der Waals surface area contributed by atoms with Crippen LogP contribution in [-0.4, -0.2) is 15.7 Å². The van der Waals surface area contributed by atoms with Gasteiger partial charge in [0.15, 0.2) is 0 Å². The minimum Gasteiger partial charge on any atom is -0.311 e. The van der Waals surface area contributed by atoms with Crippen molar-refractivity contribution in [2.75, 3.05) is 5.32 Å². The Balaban J connectivity index is 1.44. The molecule has 3 aromatic rings. The minimum absolute atomic E-state index is 0.0174. The van der Waals surface area contributed by atoms with Crippen molar-refractivity contribution >= 4 is 39.3 Å². The minimum atomic E-state index is -0.0401. The molecule has 2 unspecified atom stereocenters. The number of amides is 1. The Morgan fingerprint density at radius 1 is 1.19 bits per heavy atom. The van der Waals surface area contributed by atoms with Gasteiger partial charge in [0.25, 0.3) is 0 Å². The third-order valence-electron chi connectivity index (χ3n) is 4.68. The molecule has 2 aromatic carbocycles. The first-order valence-electron chi connectivity index (χ1n) is 8.44. The molecule has 26 heavy (non-hydrogen) atoms. The number of benzene rings is 2. The molecule has 0 spiro atoms. The van der Waals surface area contributed by atoms with Gasteiger partial charge in [0.1, 0.15) is 5.82 Å². The van der Waals surface area contributed by atoms with Gasteiger partial charge in [0.2, 0.25) is 5.91 Å². The lowest BCUT2D eigenvalue weighted by Gasteiger charge is -2.10. The van der Waals surface area contributed by atoms with E-state index >= 15 is 0 Å². The Hall–Kier alpha value is -2.11. The topological polar surface area (TPSA) is 46.9 Å². The summed E-state index contributed by atoms with van der Waals surface area (Å²) in [6, 6.07) is 17.5. The third-order valence-corrected chi connectivity index (χ3v) is 5.80. The lowest BCUT2D eigenvalue weighted by molar-refractivity contribution is -0.117. The summed E-state index contributed by atoms with van der Waals surface area (Å²) in [5.41, 5.74) is 2.16. The SMILES string of the molecule is O=C(Nc1ccnn1Cc1ccccc1Br)C1CC1c1ccccc1Cl. The first-order valence-corrected chi connectivity index (χ1v) is 9.61. The van der Waals surface area contributed by atoms with Gasteiger partial charge in [0, 0.05) is 21.5 Å². The first kappa shape index (κ1) is 17.3. The average Bonchev–Trinajstić information content (AvgIpc) is 3.32. The van der Waals surface area contributed by atoms with Gasteiger partial charge >= 0.3 is 0 Å². The summed E-state index contributed by atoms with van der Waals surface area (Å²) in [5, 5.41) is 8.08. The number of anilines is 1. The molecule has 2 atom stereocenters. The quantitative estimate of drug-likeness (QED) is 0.613. The van der Waals surface area contributed by atoms with E-state index in [0.29, 0.717) is 12.4 Å². The number of rotatable bonds is 5. The van der Waals surface area contributed by atoms with Gasteiger partial charge in [-0.25, -0.2) is 4.68 Å². The van der Waals surface area contributed by atoms with Gasteiger partial charge in [-0.2, -0.15) is 5.10 Å². The molecule has 4 nitrogen and oxygen atoms in total. The summed E-state index contributed by atoms with van der Waals surface area (Å²) in [6.07, 6.45) is 2.53. The zero-order valence-electron chi connectivity index (χ0n) is 13.9. The molecule has 1 aromatic heterocycles. The Morgan fingerprint density at radius 3 is 2.77 bits per heavy atom. The number of hydrogen-bond acceptors (Lipinski definition) is 2. The predicted molar refractivity (Wildman–Crippen MR) is 106 cm³/mol. The second-order valence-corrected chi connectivity index (χ2v) is 7.69. The number of aromatic nitrogens is 2. The predicted octanol–water partition coefficient (Wildman–Crippen LogP) is 5.09. The summed E-state index contributed by atoms with van der Waals surface area (Å²) in [6.45, 7) is 0.586. The van der Waals surface area contributed by atoms with E-state index in [0.717, 1.165) is 27.0 Å². The molecular weight excluding hydrogens is 414 g/mol. The van der Waals surface area contributed by atoms with E-state index in [4.69, 9.17) is 11.6 Å². The number of carbonyl (C=O) groups is 1. The van der Waals surface area contributed by atoms with Crippen molar-refractivity contribution in [2.24, 2.45) is 5.92 Å². The van der Waals surface area contributed by atoms with Gasteiger partial charge < -0.3 is 5.32 Å². The van der Waals surface area contributed by atoms with Crippen LogP contribution >= 0.6 is 27.5 Å². The fraction of sp³-hybridized carbons (Fsp3) is 0.200. The van der Waals surface area contributed by atoms with Crippen LogP contribution in [0.15, 0.2) is 65.3 Å². The van der Waals surface area contributed by atoms with Crippen molar-refractivity contribution in [1.82, 2.24) is 9.78 Å². The molecule has 6 heteroatoms. The number of halogens is 2. The fourth-order valence-corrected chi connectivity index (χ4v) is 3.86. The standard InChI is InChI=1S/C20H17BrClN3O/c21-17-7-3-1-5-13(17)12-25-19(9-10-23-25)24-20(26)16-11-15(16)14-6-2-4-8-18(14)22/h1-10,15-16H,11-12H2,(H,24,26). The lowest BCUT2D eigenvalue weighted by atomic mass is 10.1. The van der Waals surface area contributed by atoms with Crippen molar-refractivity contribution in [3.63, 3.8) is 0 Å². The molecule has 1 aliphatic rings. The average molecular weight is 431 g/mol. The maximum absolute atomic E-state index is 12.6. The molecule has 0 bridgehead atoms. The van der Waals surface area contributed by atoms with Crippen LogP contribution in [-0.2, 0) is 11.3 Å². The highest BCUT2D eigenvalue weighted by Gasteiger charge is 2.45. The highest BCUT2D eigenvalue weighted by atomic mass is 79.9. The Labute approximate surface area is 165 Å². The number of hydrogen-bond donors (Lipinski definition) is 1. The van der Waals surface area contributed by atoms with Gasteiger partial charge in [-0.15, -0.1) is 0 Å². The molecule has 0 radical (unpaired) electrons. The molecule has 1 saturated carbocycles. The molecule has 0 saturated heterocycles. The second-order valence-electron chi connectivity index (χ2n) is 6.42. The van der Waals surface area contributed by atoms with E-state index in [-0.39, 0.29) is 17.7 Å². The Kier molecular flexibility index (Phi) is 4.83. The molecule has 1 amide bonds. The second kappa shape index (κ2) is 7.25. The van der Waals surface area contributed by atoms with E-state index in [1.54, 1.807) is 10.9 Å². The van der Waals surface area contributed by atoms with E-state index < -0.39 is 0 Å². The van der Waals surface area contributed by atoms with Crippen LogP contribution in [0.5, 0.6) is 0 Å². The number of carbonyl (C=O) groups excluding carboxylic acids is 1. The normalized spacial score (nSPS) is 18.5. The van der Waals surface area contributed by atoms with Crippen LogP contribution < -0.4 is 5.32 Å². The lowest BCUT2D eigenvalue weighted by Crippen LogP contribution is -2.18. The van der Waals surface area contributed by atoms with Gasteiger partial charge in [-0.3, -0.25) is 4.79 Å². The summed E-state index contributed by atoms with van der Waals surface area (Å²) >= 11 is 9.80. The van der Waals surface area contributed by atoms with E-state index in [2.05, 4.69) is 26.3 Å². The van der Waals surface area contributed by atoms with Crippen molar-refractivity contribution < 1.29 is 4.79 Å².